The molecular weight excluding hydrogens is 355 g/mol. The normalized spacial score (nSPS) is 11.9. The van der Waals surface area contributed by atoms with Crippen LogP contribution in [0.1, 0.15) is 25.0 Å². The Bertz CT molecular complexity index is 594. The van der Waals surface area contributed by atoms with E-state index in [1.165, 1.54) is 0 Å². The van der Waals surface area contributed by atoms with Crippen LogP contribution in [0.25, 0.3) is 0 Å². The van der Waals surface area contributed by atoms with E-state index in [0.29, 0.717) is 16.6 Å². The molecule has 2 rings (SSSR count). The molecule has 0 radical (unpaired) electrons. The molecule has 2 aromatic carbocycles. The molecule has 0 fully saturated rings. The first-order chi connectivity index (χ1) is 12.0. The molecule has 0 saturated heterocycles. The molecule has 0 aliphatic carbocycles. The number of rotatable bonds is 9. The van der Waals surface area contributed by atoms with E-state index in [9.17, 15) is 5.11 Å². The van der Waals surface area contributed by atoms with Crippen LogP contribution in [0.5, 0.6) is 0 Å². The number of quaternary nitrogens is 2. The van der Waals surface area contributed by atoms with Crippen LogP contribution in [0.3, 0.4) is 0 Å². The Kier molecular flexibility index (Phi) is 7.73. The highest BCUT2D eigenvalue weighted by Crippen LogP contribution is 2.30. The van der Waals surface area contributed by atoms with Gasteiger partial charge in [-0.2, -0.15) is 0 Å². The van der Waals surface area contributed by atoms with Gasteiger partial charge < -0.3 is 15.3 Å². The van der Waals surface area contributed by atoms with Crippen LogP contribution in [0.15, 0.2) is 48.5 Å². The molecule has 0 spiro atoms. The fraction of sp³-hybridized carbons (Fsp3) is 0.400. The quantitative estimate of drug-likeness (QED) is 0.567. The van der Waals surface area contributed by atoms with Crippen molar-refractivity contribution in [1.29, 1.82) is 0 Å². The molecule has 0 bridgehead atoms. The van der Waals surface area contributed by atoms with Gasteiger partial charge in [0.15, 0.2) is 5.60 Å². The molecule has 4 N–H and O–H groups in total. The van der Waals surface area contributed by atoms with Crippen LogP contribution in [-0.4, -0.2) is 37.8 Å². The van der Waals surface area contributed by atoms with Gasteiger partial charge in [0.2, 0.25) is 0 Å². The van der Waals surface area contributed by atoms with E-state index in [1.807, 2.05) is 48.5 Å². The Morgan fingerprint density at radius 2 is 1.32 bits per heavy atom. The zero-order valence-corrected chi connectivity index (χ0v) is 16.4. The van der Waals surface area contributed by atoms with Crippen molar-refractivity contribution in [3.63, 3.8) is 0 Å². The van der Waals surface area contributed by atoms with Gasteiger partial charge in [-0.25, -0.2) is 0 Å². The maximum atomic E-state index is 11.5. The van der Waals surface area contributed by atoms with E-state index >= 15 is 0 Å². The Morgan fingerprint density at radius 3 is 1.72 bits per heavy atom. The second-order valence-corrected chi connectivity index (χ2v) is 7.24. The standard InChI is InChI=1S/C20H26Cl2N2O/c1-3-24(4-2)14-13-23-15-20(25,16-5-9-18(21)10-6-16)17-7-11-19(22)12-8-17/h5-12,23,25H,3-4,13-15H2,1-2H3/p+2. The third-order valence-corrected chi connectivity index (χ3v) is 5.29. The predicted octanol–water partition coefficient (Wildman–Crippen LogP) is 1.72. The fourth-order valence-corrected chi connectivity index (χ4v) is 3.33. The largest absolute Gasteiger partial charge is 0.375 e. The van der Waals surface area contributed by atoms with E-state index < -0.39 is 5.60 Å². The molecule has 0 aliphatic heterocycles. The van der Waals surface area contributed by atoms with Gasteiger partial charge in [0, 0.05) is 10.0 Å². The average molecular weight is 383 g/mol. The topological polar surface area (TPSA) is 41.3 Å². The molecule has 25 heavy (non-hydrogen) atoms. The first-order valence-electron chi connectivity index (χ1n) is 8.89. The summed E-state index contributed by atoms with van der Waals surface area (Å²) >= 11 is 12.0. The molecule has 0 saturated carbocycles. The monoisotopic (exact) mass is 382 g/mol. The van der Waals surface area contributed by atoms with Crippen LogP contribution in [-0.2, 0) is 5.60 Å². The lowest BCUT2D eigenvalue weighted by atomic mass is 9.86. The van der Waals surface area contributed by atoms with Crippen LogP contribution < -0.4 is 10.2 Å². The number of nitrogens with one attached hydrogen (secondary N) is 1. The Labute approximate surface area is 160 Å². The Hall–Kier alpha value is -1.10. The van der Waals surface area contributed by atoms with E-state index in [4.69, 9.17) is 23.2 Å². The SMILES string of the molecule is CC[NH+](CC)CC[NH2+]CC(O)(c1ccc(Cl)cc1)c1ccc(Cl)cc1. The smallest absolute Gasteiger partial charge is 0.163 e. The van der Waals surface area contributed by atoms with Gasteiger partial charge in [-0.1, -0.05) is 47.5 Å². The molecule has 0 unspecified atom stereocenters. The van der Waals surface area contributed by atoms with Gasteiger partial charge in [0.1, 0.15) is 19.6 Å². The zero-order valence-electron chi connectivity index (χ0n) is 14.9. The highest BCUT2D eigenvalue weighted by molar-refractivity contribution is 6.30. The molecule has 2 aromatic rings. The number of nitrogens with two attached hydrogens (primary N) is 1. The van der Waals surface area contributed by atoms with Crippen molar-refractivity contribution < 1.29 is 15.3 Å². The van der Waals surface area contributed by atoms with Gasteiger partial charge >= 0.3 is 0 Å². The summed E-state index contributed by atoms with van der Waals surface area (Å²) < 4.78 is 0. The summed E-state index contributed by atoms with van der Waals surface area (Å²) in [6.07, 6.45) is 0. The molecule has 0 amide bonds. The van der Waals surface area contributed by atoms with Crippen molar-refractivity contribution in [2.75, 3.05) is 32.7 Å². The van der Waals surface area contributed by atoms with Crippen LogP contribution in [0.4, 0.5) is 0 Å². The van der Waals surface area contributed by atoms with E-state index in [-0.39, 0.29) is 0 Å². The molecule has 3 nitrogen and oxygen atoms in total. The Balaban J connectivity index is 2.17. The lowest BCUT2D eigenvalue weighted by molar-refractivity contribution is -0.909. The molecule has 0 atom stereocenters. The lowest BCUT2D eigenvalue weighted by Gasteiger charge is -2.28. The maximum Gasteiger partial charge on any atom is 0.163 e. The minimum absolute atomic E-state index is 0.553. The first kappa shape index (κ1) is 20.2. The van der Waals surface area contributed by atoms with E-state index in [2.05, 4.69) is 19.2 Å². The maximum absolute atomic E-state index is 11.5. The number of benzene rings is 2. The minimum atomic E-state index is -1.08. The zero-order chi connectivity index (χ0) is 18.3. The fourth-order valence-electron chi connectivity index (χ4n) is 3.07. The van der Waals surface area contributed by atoms with E-state index in [0.717, 1.165) is 37.3 Å². The Morgan fingerprint density at radius 1 is 0.880 bits per heavy atom. The highest BCUT2D eigenvalue weighted by atomic mass is 35.5. The van der Waals surface area contributed by atoms with Crippen molar-refractivity contribution in [2.24, 2.45) is 0 Å². The van der Waals surface area contributed by atoms with Crippen LogP contribution in [0, 0.1) is 0 Å². The summed E-state index contributed by atoms with van der Waals surface area (Å²) in [6, 6.07) is 14.8. The minimum Gasteiger partial charge on any atom is -0.375 e. The first-order valence-corrected chi connectivity index (χ1v) is 9.65. The molecule has 5 heteroatoms. The number of aliphatic hydroxyl groups is 1. The summed E-state index contributed by atoms with van der Waals surface area (Å²) in [4.78, 5) is 1.57. The number of halogens is 2. The lowest BCUT2D eigenvalue weighted by Crippen LogP contribution is -3.14. The van der Waals surface area contributed by atoms with Gasteiger partial charge in [0.05, 0.1) is 13.1 Å². The summed E-state index contributed by atoms with van der Waals surface area (Å²) in [5.74, 6) is 0. The number of likely N-dealkylation sites (N-methyl/N-ethyl adjacent to an activating group) is 1. The second kappa shape index (κ2) is 9.56. The summed E-state index contributed by atoms with van der Waals surface area (Å²) in [6.45, 7) is 9.28. The summed E-state index contributed by atoms with van der Waals surface area (Å²) in [5.41, 5.74) is 0.602. The van der Waals surface area contributed by atoms with Crippen LogP contribution in [0.2, 0.25) is 10.0 Å². The third kappa shape index (κ3) is 5.44. The van der Waals surface area contributed by atoms with Gasteiger partial charge in [-0.15, -0.1) is 0 Å². The number of hydrogen-bond donors (Lipinski definition) is 3. The van der Waals surface area contributed by atoms with Gasteiger partial charge in [-0.05, 0) is 49.2 Å². The van der Waals surface area contributed by atoms with Crippen molar-refractivity contribution in [1.82, 2.24) is 0 Å². The highest BCUT2D eigenvalue weighted by Gasteiger charge is 2.33. The van der Waals surface area contributed by atoms with Crippen molar-refractivity contribution >= 4 is 23.2 Å². The average Bonchev–Trinajstić information content (AvgIpc) is 2.63. The van der Waals surface area contributed by atoms with Gasteiger partial charge in [0.25, 0.3) is 0 Å². The summed E-state index contributed by atoms with van der Waals surface area (Å²) in [7, 11) is 0. The van der Waals surface area contributed by atoms with Crippen LogP contribution >= 0.6 is 23.2 Å². The molecular formula is C20H28Cl2N2O+2. The third-order valence-electron chi connectivity index (χ3n) is 4.79. The van der Waals surface area contributed by atoms with E-state index in [1.54, 1.807) is 4.90 Å². The van der Waals surface area contributed by atoms with Crippen molar-refractivity contribution in [3.05, 3.63) is 69.7 Å². The molecule has 0 aliphatic rings. The molecule has 0 heterocycles. The van der Waals surface area contributed by atoms with Gasteiger partial charge in [-0.3, -0.25) is 0 Å². The summed E-state index contributed by atoms with van der Waals surface area (Å²) in [5, 5.41) is 15.0. The van der Waals surface area contributed by atoms with Crippen molar-refractivity contribution in [3.8, 4) is 0 Å². The molecule has 0 aromatic heterocycles. The molecule has 136 valence electrons. The number of hydrogen-bond acceptors (Lipinski definition) is 1. The van der Waals surface area contributed by atoms with Crippen molar-refractivity contribution in [2.45, 2.75) is 19.4 Å². The predicted molar refractivity (Wildman–Crippen MR) is 104 cm³/mol. The second-order valence-electron chi connectivity index (χ2n) is 6.36.